The smallest absolute Gasteiger partial charge is 0.259 e. The van der Waals surface area contributed by atoms with Crippen LogP contribution < -0.4 is 4.90 Å². The van der Waals surface area contributed by atoms with Crippen LogP contribution in [0.25, 0.3) is 11.1 Å². The van der Waals surface area contributed by atoms with E-state index < -0.39 is 0 Å². The number of amides is 1. The highest BCUT2D eigenvalue weighted by Crippen LogP contribution is 2.46. The number of anilines is 1. The van der Waals surface area contributed by atoms with E-state index in [0.29, 0.717) is 17.2 Å². The lowest BCUT2D eigenvalue weighted by atomic mass is 9.88. The zero-order valence-electron chi connectivity index (χ0n) is 18.3. The average Bonchev–Trinajstić information content (AvgIpc) is 3.25. The first kappa shape index (κ1) is 19.2. The number of likely N-dealkylation sites (N-methyl/N-ethyl adjacent to an activating group) is 1. The number of carbonyl (C=O) groups is 1. The van der Waals surface area contributed by atoms with Gasteiger partial charge in [-0.1, -0.05) is 36.7 Å². The van der Waals surface area contributed by atoms with Crippen molar-refractivity contribution >= 4 is 22.7 Å². The van der Waals surface area contributed by atoms with Crippen LogP contribution in [0, 0.1) is 13.8 Å². The van der Waals surface area contributed by atoms with Crippen molar-refractivity contribution in [2.75, 3.05) is 25.0 Å². The maximum absolute atomic E-state index is 14.1. The Hall–Kier alpha value is -2.73. The molecule has 4 heterocycles. The molecule has 156 valence electrons. The molecular formula is C24H28N4O2. The third-order valence-corrected chi connectivity index (χ3v) is 6.55. The number of benzene rings is 1. The van der Waals surface area contributed by atoms with Crippen molar-refractivity contribution in [2.24, 2.45) is 0 Å². The summed E-state index contributed by atoms with van der Waals surface area (Å²) >= 11 is 0. The summed E-state index contributed by atoms with van der Waals surface area (Å²) in [6.45, 7) is 10.1. The van der Waals surface area contributed by atoms with Crippen molar-refractivity contribution in [3.05, 3.63) is 52.3 Å². The molecule has 1 amide bonds. The second-order valence-corrected chi connectivity index (χ2v) is 9.18. The Kier molecular flexibility index (Phi) is 4.43. The standard InChI is InChI=1S/C24H28N4O2/c1-13(2)22-21-17(11-15(4)25-23(21)30-26-22)24(29)28-19-7-6-14(3)10-16(19)18-12-27(5)9-8-20(18)28/h6-7,10-11,13,18,20H,8-9,12H2,1-5H3/t18-,20-/m1/s1. The Morgan fingerprint density at radius 3 is 2.80 bits per heavy atom. The lowest BCUT2D eigenvalue weighted by Crippen LogP contribution is -2.47. The summed E-state index contributed by atoms with van der Waals surface area (Å²) in [5, 5.41) is 4.99. The molecule has 1 saturated heterocycles. The number of fused-ring (bicyclic) bond motifs is 4. The Morgan fingerprint density at radius 2 is 2.03 bits per heavy atom. The summed E-state index contributed by atoms with van der Waals surface area (Å²) < 4.78 is 5.51. The molecule has 0 spiro atoms. The Bertz CT molecular complexity index is 1150. The highest BCUT2D eigenvalue weighted by atomic mass is 16.5. The fraction of sp³-hybridized carbons (Fsp3) is 0.458. The fourth-order valence-electron chi connectivity index (χ4n) is 5.13. The Balaban J connectivity index is 1.68. The lowest BCUT2D eigenvalue weighted by Gasteiger charge is -2.36. The van der Waals surface area contributed by atoms with Gasteiger partial charge < -0.3 is 14.3 Å². The second-order valence-electron chi connectivity index (χ2n) is 9.18. The molecule has 2 atom stereocenters. The third kappa shape index (κ3) is 2.85. The number of hydrogen-bond donors (Lipinski definition) is 0. The van der Waals surface area contributed by atoms with Gasteiger partial charge in [0.1, 0.15) is 0 Å². The first-order valence-corrected chi connectivity index (χ1v) is 10.7. The summed E-state index contributed by atoms with van der Waals surface area (Å²) in [7, 11) is 2.16. The van der Waals surface area contributed by atoms with Crippen LogP contribution in [0.15, 0.2) is 28.8 Å². The van der Waals surface area contributed by atoms with Crippen LogP contribution >= 0.6 is 0 Å². The van der Waals surface area contributed by atoms with Gasteiger partial charge in [0.25, 0.3) is 11.6 Å². The number of likely N-dealkylation sites (tertiary alicyclic amines) is 1. The quantitative estimate of drug-likeness (QED) is 0.633. The average molecular weight is 405 g/mol. The van der Waals surface area contributed by atoms with Gasteiger partial charge in [0.05, 0.1) is 16.6 Å². The molecule has 0 radical (unpaired) electrons. The largest absolute Gasteiger partial charge is 0.335 e. The predicted octanol–water partition coefficient (Wildman–Crippen LogP) is 4.41. The molecule has 5 rings (SSSR count). The van der Waals surface area contributed by atoms with Gasteiger partial charge in [0.2, 0.25) is 0 Å². The monoisotopic (exact) mass is 404 g/mol. The number of aryl methyl sites for hydroxylation is 2. The van der Waals surface area contributed by atoms with Crippen LogP contribution in [0.2, 0.25) is 0 Å². The van der Waals surface area contributed by atoms with Crippen LogP contribution in [-0.4, -0.2) is 47.1 Å². The zero-order valence-corrected chi connectivity index (χ0v) is 18.3. The Labute approximate surface area is 176 Å². The molecule has 0 N–H and O–H groups in total. The van der Waals surface area contributed by atoms with Crippen molar-refractivity contribution in [3.63, 3.8) is 0 Å². The van der Waals surface area contributed by atoms with E-state index in [-0.39, 0.29) is 17.9 Å². The van der Waals surface area contributed by atoms with Gasteiger partial charge >= 0.3 is 0 Å². The molecule has 0 aliphatic carbocycles. The topological polar surface area (TPSA) is 62.5 Å². The van der Waals surface area contributed by atoms with E-state index in [9.17, 15) is 4.79 Å². The minimum Gasteiger partial charge on any atom is -0.335 e. The third-order valence-electron chi connectivity index (χ3n) is 6.55. The molecule has 0 unspecified atom stereocenters. The summed E-state index contributed by atoms with van der Waals surface area (Å²) in [5.74, 6) is 0.512. The summed E-state index contributed by atoms with van der Waals surface area (Å²) in [4.78, 5) is 23.0. The van der Waals surface area contributed by atoms with Crippen molar-refractivity contribution in [1.29, 1.82) is 0 Å². The molecule has 2 aliphatic rings. The predicted molar refractivity (Wildman–Crippen MR) is 117 cm³/mol. The van der Waals surface area contributed by atoms with E-state index in [1.807, 2.05) is 17.9 Å². The highest BCUT2D eigenvalue weighted by Gasteiger charge is 2.44. The molecule has 0 bridgehead atoms. The number of nitrogens with zero attached hydrogens (tertiary/aromatic N) is 4. The summed E-state index contributed by atoms with van der Waals surface area (Å²) in [5.41, 5.74) is 6.22. The van der Waals surface area contributed by atoms with E-state index in [1.165, 1.54) is 11.1 Å². The maximum atomic E-state index is 14.1. The van der Waals surface area contributed by atoms with Gasteiger partial charge in [0.15, 0.2) is 0 Å². The summed E-state index contributed by atoms with van der Waals surface area (Å²) in [6.07, 6.45) is 0.967. The number of hydrogen-bond acceptors (Lipinski definition) is 5. The molecule has 6 heteroatoms. The van der Waals surface area contributed by atoms with Crippen molar-refractivity contribution < 1.29 is 9.32 Å². The SMILES string of the molecule is Cc1ccc2c(c1)[C@H]1CN(C)CC[C@H]1N2C(=O)c1cc(C)nc2onc(C(C)C)c12. The van der Waals surface area contributed by atoms with Gasteiger partial charge in [0, 0.05) is 29.9 Å². The normalized spacial score (nSPS) is 21.3. The fourth-order valence-corrected chi connectivity index (χ4v) is 5.13. The van der Waals surface area contributed by atoms with Crippen molar-refractivity contribution in [2.45, 2.75) is 52.0 Å². The van der Waals surface area contributed by atoms with Crippen LogP contribution in [0.4, 0.5) is 5.69 Å². The molecule has 1 fully saturated rings. The van der Waals surface area contributed by atoms with Crippen molar-refractivity contribution in [3.8, 4) is 0 Å². The highest BCUT2D eigenvalue weighted by molar-refractivity contribution is 6.15. The number of carbonyl (C=O) groups excluding carboxylic acids is 1. The minimum atomic E-state index is 0.0257. The van der Waals surface area contributed by atoms with Crippen LogP contribution in [0.3, 0.4) is 0 Å². The zero-order chi connectivity index (χ0) is 21.2. The van der Waals surface area contributed by atoms with Gasteiger partial charge in [-0.05, 0) is 57.5 Å². The number of pyridine rings is 1. The summed E-state index contributed by atoms with van der Waals surface area (Å²) in [6, 6.07) is 8.54. The maximum Gasteiger partial charge on any atom is 0.259 e. The first-order chi connectivity index (χ1) is 14.3. The van der Waals surface area contributed by atoms with Gasteiger partial charge in [-0.2, -0.15) is 0 Å². The number of piperidine rings is 1. The van der Waals surface area contributed by atoms with E-state index in [4.69, 9.17) is 4.52 Å². The molecular weight excluding hydrogens is 376 g/mol. The van der Waals surface area contributed by atoms with Gasteiger partial charge in [-0.25, -0.2) is 4.98 Å². The molecule has 2 aliphatic heterocycles. The van der Waals surface area contributed by atoms with Crippen LogP contribution in [0.5, 0.6) is 0 Å². The lowest BCUT2D eigenvalue weighted by molar-refractivity contribution is 0.0966. The van der Waals surface area contributed by atoms with Crippen molar-refractivity contribution in [1.82, 2.24) is 15.0 Å². The molecule has 2 aromatic heterocycles. The molecule has 1 aromatic carbocycles. The van der Waals surface area contributed by atoms with Crippen LogP contribution in [0.1, 0.15) is 65.0 Å². The number of aromatic nitrogens is 2. The molecule has 0 saturated carbocycles. The van der Waals surface area contributed by atoms with Crippen LogP contribution in [-0.2, 0) is 0 Å². The van der Waals surface area contributed by atoms with E-state index in [2.05, 4.69) is 61.1 Å². The second kappa shape index (κ2) is 6.91. The number of rotatable bonds is 2. The Morgan fingerprint density at radius 1 is 1.23 bits per heavy atom. The first-order valence-electron chi connectivity index (χ1n) is 10.7. The van der Waals surface area contributed by atoms with E-state index >= 15 is 0 Å². The van der Waals surface area contributed by atoms with E-state index in [1.54, 1.807) is 0 Å². The molecule has 3 aromatic rings. The van der Waals surface area contributed by atoms with Gasteiger partial charge in [-0.3, -0.25) is 4.79 Å². The van der Waals surface area contributed by atoms with E-state index in [0.717, 1.165) is 42.0 Å². The molecule has 6 nitrogen and oxygen atoms in total. The van der Waals surface area contributed by atoms with Gasteiger partial charge in [-0.15, -0.1) is 0 Å². The minimum absolute atomic E-state index is 0.0257. The molecule has 30 heavy (non-hydrogen) atoms.